The summed E-state index contributed by atoms with van der Waals surface area (Å²) in [5.74, 6) is 0.730. The summed E-state index contributed by atoms with van der Waals surface area (Å²) in [7, 11) is 3.99. The smallest absolute Gasteiger partial charge is 0.237 e. The number of carbonyl (C=O) groups excluding carboxylic acids is 2. The summed E-state index contributed by atoms with van der Waals surface area (Å²) in [5.41, 5.74) is 1.67. The van der Waals surface area contributed by atoms with Crippen LogP contribution in [0.2, 0.25) is 0 Å². The molecule has 108 valence electrons. The van der Waals surface area contributed by atoms with Gasteiger partial charge in [0.25, 0.3) is 0 Å². The van der Waals surface area contributed by atoms with Crippen molar-refractivity contribution in [1.29, 1.82) is 0 Å². The Morgan fingerprint density at radius 1 is 1.40 bits per heavy atom. The molecule has 0 aromatic heterocycles. The van der Waals surface area contributed by atoms with E-state index in [0.717, 1.165) is 22.7 Å². The summed E-state index contributed by atoms with van der Waals surface area (Å²) >= 11 is 1.52. The molecule has 4 nitrogen and oxygen atoms in total. The number of ketones is 1. The van der Waals surface area contributed by atoms with Gasteiger partial charge in [-0.25, -0.2) is 0 Å². The molecule has 0 spiro atoms. The van der Waals surface area contributed by atoms with Crippen LogP contribution in [0, 0.1) is 0 Å². The van der Waals surface area contributed by atoms with Crippen LogP contribution in [-0.2, 0) is 4.79 Å². The van der Waals surface area contributed by atoms with E-state index in [1.807, 2.05) is 44.1 Å². The SMILES string of the molecule is CCC(=O)c1ccc2c(c1)SCC(=O)N2CCN(C)C. The van der Waals surface area contributed by atoms with Gasteiger partial charge in [0, 0.05) is 30.0 Å². The van der Waals surface area contributed by atoms with E-state index in [-0.39, 0.29) is 11.7 Å². The van der Waals surface area contributed by atoms with Crippen molar-refractivity contribution in [3.63, 3.8) is 0 Å². The highest BCUT2D eigenvalue weighted by Gasteiger charge is 2.25. The summed E-state index contributed by atoms with van der Waals surface area (Å²) in [6.45, 7) is 3.37. The molecule has 1 amide bonds. The summed E-state index contributed by atoms with van der Waals surface area (Å²) in [4.78, 5) is 28.7. The van der Waals surface area contributed by atoms with Gasteiger partial charge >= 0.3 is 0 Å². The molecular weight excluding hydrogens is 272 g/mol. The van der Waals surface area contributed by atoms with Crippen LogP contribution < -0.4 is 4.90 Å². The molecule has 1 aliphatic rings. The number of benzene rings is 1. The Morgan fingerprint density at radius 2 is 2.15 bits per heavy atom. The van der Waals surface area contributed by atoms with Crippen molar-refractivity contribution in [2.75, 3.05) is 37.8 Å². The molecule has 0 aliphatic carbocycles. The second-order valence-corrected chi connectivity index (χ2v) is 6.11. The summed E-state index contributed by atoms with van der Waals surface area (Å²) in [5, 5.41) is 0. The standard InChI is InChI=1S/C15H20N2O2S/c1-4-13(18)11-5-6-12-14(9-11)20-10-15(19)17(12)8-7-16(2)3/h5-6,9H,4,7-8,10H2,1-3H3. The van der Waals surface area contributed by atoms with Gasteiger partial charge < -0.3 is 9.80 Å². The van der Waals surface area contributed by atoms with Crippen molar-refractivity contribution in [2.45, 2.75) is 18.2 Å². The lowest BCUT2D eigenvalue weighted by atomic mass is 10.1. The molecule has 0 unspecified atom stereocenters. The van der Waals surface area contributed by atoms with Crippen LogP contribution in [0.1, 0.15) is 23.7 Å². The van der Waals surface area contributed by atoms with E-state index in [9.17, 15) is 9.59 Å². The first-order chi connectivity index (χ1) is 9.52. The number of carbonyl (C=O) groups is 2. The van der Waals surface area contributed by atoms with Gasteiger partial charge in [-0.3, -0.25) is 9.59 Å². The Balaban J connectivity index is 2.27. The van der Waals surface area contributed by atoms with E-state index in [1.165, 1.54) is 11.8 Å². The predicted octanol–water partition coefficient (Wildman–Crippen LogP) is 2.28. The molecule has 0 N–H and O–H groups in total. The van der Waals surface area contributed by atoms with Crippen molar-refractivity contribution in [1.82, 2.24) is 4.90 Å². The fourth-order valence-corrected chi connectivity index (χ4v) is 3.10. The molecule has 0 saturated carbocycles. The van der Waals surface area contributed by atoms with Crippen LogP contribution in [0.3, 0.4) is 0 Å². The van der Waals surface area contributed by atoms with Gasteiger partial charge in [-0.1, -0.05) is 6.92 Å². The van der Waals surface area contributed by atoms with Crippen LogP contribution in [0.15, 0.2) is 23.1 Å². The highest BCUT2D eigenvalue weighted by molar-refractivity contribution is 8.00. The van der Waals surface area contributed by atoms with Crippen LogP contribution >= 0.6 is 11.8 Å². The molecule has 0 atom stereocenters. The molecule has 1 aromatic carbocycles. The van der Waals surface area contributed by atoms with Gasteiger partial charge in [0.2, 0.25) is 5.91 Å². The number of hydrogen-bond donors (Lipinski definition) is 0. The zero-order chi connectivity index (χ0) is 14.7. The second kappa shape index (κ2) is 6.41. The van der Waals surface area contributed by atoms with Crippen molar-refractivity contribution in [3.05, 3.63) is 23.8 Å². The minimum Gasteiger partial charge on any atom is -0.309 e. The normalized spacial score (nSPS) is 14.6. The molecule has 1 aliphatic heterocycles. The summed E-state index contributed by atoms with van der Waals surface area (Å²) in [6, 6.07) is 5.64. The molecule has 2 rings (SSSR count). The lowest BCUT2D eigenvalue weighted by Crippen LogP contribution is -2.39. The highest BCUT2D eigenvalue weighted by Crippen LogP contribution is 2.36. The topological polar surface area (TPSA) is 40.6 Å². The van der Waals surface area contributed by atoms with Crippen LogP contribution in [0.5, 0.6) is 0 Å². The fraction of sp³-hybridized carbons (Fsp3) is 0.467. The second-order valence-electron chi connectivity index (χ2n) is 5.10. The van der Waals surface area contributed by atoms with Crippen molar-refractivity contribution >= 4 is 29.1 Å². The number of fused-ring (bicyclic) bond motifs is 1. The third-order valence-electron chi connectivity index (χ3n) is 3.32. The zero-order valence-electron chi connectivity index (χ0n) is 12.2. The number of amides is 1. The van der Waals surface area contributed by atoms with Gasteiger partial charge in [0.1, 0.15) is 0 Å². The first-order valence-corrected chi connectivity index (χ1v) is 7.76. The molecule has 0 bridgehead atoms. The Hall–Kier alpha value is -1.33. The van der Waals surface area contributed by atoms with Crippen LogP contribution in [0.4, 0.5) is 5.69 Å². The average Bonchev–Trinajstić information content (AvgIpc) is 2.44. The van der Waals surface area contributed by atoms with Gasteiger partial charge in [-0.15, -0.1) is 11.8 Å². The predicted molar refractivity (Wildman–Crippen MR) is 82.7 cm³/mol. The number of Topliss-reactive ketones (excluding diaryl/α,β-unsaturated/α-hetero) is 1. The molecule has 0 saturated heterocycles. The maximum atomic E-state index is 12.1. The number of hydrogen-bond acceptors (Lipinski definition) is 4. The Kier molecular flexibility index (Phi) is 4.83. The fourth-order valence-electron chi connectivity index (χ4n) is 2.13. The van der Waals surface area contributed by atoms with E-state index < -0.39 is 0 Å². The van der Waals surface area contributed by atoms with Gasteiger partial charge in [0.15, 0.2) is 5.78 Å². The van der Waals surface area contributed by atoms with E-state index in [0.29, 0.717) is 18.7 Å². The quantitative estimate of drug-likeness (QED) is 0.781. The third-order valence-corrected chi connectivity index (χ3v) is 4.35. The van der Waals surface area contributed by atoms with Crippen molar-refractivity contribution < 1.29 is 9.59 Å². The van der Waals surface area contributed by atoms with E-state index >= 15 is 0 Å². The van der Waals surface area contributed by atoms with E-state index in [1.54, 1.807) is 0 Å². The molecule has 5 heteroatoms. The first kappa shape index (κ1) is 15.1. The molecule has 0 fully saturated rings. The van der Waals surface area contributed by atoms with Crippen LogP contribution in [-0.4, -0.2) is 49.5 Å². The zero-order valence-corrected chi connectivity index (χ0v) is 13.0. The number of rotatable bonds is 5. The highest BCUT2D eigenvalue weighted by atomic mass is 32.2. The number of anilines is 1. The number of thioether (sulfide) groups is 1. The number of likely N-dealkylation sites (N-methyl/N-ethyl adjacent to an activating group) is 1. The Bertz CT molecular complexity index is 529. The van der Waals surface area contributed by atoms with E-state index in [4.69, 9.17) is 0 Å². The van der Waals surface area contributed by atoms with Gasteiger partial charge in [-0.2, -0.15) is 0 Å². The largest absolute Gasteiger partial charge is 0.309 e. The monoisotopic (exact) mass is 292 g/mol. The summed E-state index contributed by atoms with van der Waals surface area (Å²) < 4.78 is 0. The molecular formula is C15H20N2O2S. The Morgan fingerprint density at radius 3 is 2.80 bits per heavy atom. The number of nitrogens with zero attached hydrogens (tertiary/aromatic N) is 2. The van der Waals surface area contributed by atoms with Gasteiger partial charge in [-0.05, 0) is 32.3 Å². The summed E-state index contributed by atoms with van der Waals surface area (Å²) in [6.07, 6.45) is 0.507. The maximum absolute atomic E-state index is 12.1. The Labute approximate surface area is 124 Å². The van der Waals surface area contributed by atoms with Crippen molar-refractivity contribution in [3.8, 4) is 0 Å². The van der Waals surface area contributed by atoms with Crippen molar-refractivity contribution in [2.24, 2.45) is 0 Å². The molecule has 1 heterocycles. The third kappa shape index (κ3) is 3.22. The van der Waals surface area contributed by atoms with Gasteiger partial charge in [0.05, 0.1) is 11.4 Å². The van der Waals surface area contributed by atoms with Crippen LogP contribution in [0.25, 0.3) is 0 Å². The maximum Gasteiger partial charge on any atom is 0.237 e. The molecule has 1 aromatic rings. The lowest BCUT2D eigenvalue weighted by molar-refractivity contribution is -0.116. The van der Waals surface area contributed by atoms with E-state index in [2.05, 4.69) is 4.90 Å². The molecule has 20 heavy (non-hydrogen) atoms. The first-order valence-electron chi connectivity index (χ1n) is 6.78. The average molecular weight is 292 g/mol. The minimum absolute atomic E-state index is 0.138. The molecule has 0 radical (unpaired) electrons. The lowest BCUT2D eigenvalue weighted by Gasteiger charge is -2.30. The minimum atomic E-state index is 0.138.